The van der Waals surface area contributed by atoms with Gasteiger partial charge in [0.15, 0.2) is 0 Å². The van der Waals surface area contributed by atoms with Gasteiger partial charge in [0.2, 0.25) is 5.91 Å². The van der Waals surface area contributed by atoms with Gasteiger partial charge >= 0.3 is 0 Å². The first-order valence-corrected chi connectivity index (χ1v) is 10.3. The molecule has 0 bridgehead atoms. The van der Waals surface area contributed by atoms with E-state index < -0.39 is 0 Å². The quantitative estimate of drug-likeness (QED) is 0.819. The van der Waals surface area contributed by atoms with E-state index in [1.165, 1.54) is 18.5 Å². The molecule has 1 aromatic rings. The highest BCUT2D eigenvalue weighted by atomic mass is 32.2. The standard InChI is InChI=1S/C19H28N2O2S/c22-19(16-24-15-18-9-4-5-14-23-18)21-11-6-10-20(12-13-21)17-7-2-1-3-8-17/h1-3,7-8,18H,4-6,9-16H2/t18-/m0/s1. The lowest BCUT2D eigenvalue weighted by atomic mass is 10.1. The van der Waals surface area contributed by atoms with E-state index in [4.69, 9.17) is 4.74 Å². The average molecular weight is 349 g/mol. The SMILES string of the molecule is O=C(CSC[C@@H]1CCCCO1)N1CCCN(c2ccccc2)CC1. The zero-order chi connectivity index (χ0) is 16.6. The number of hydrogen-bond acceptors (Lipinski definition) is 4. The molecule has 132 valence electrons. The number of carbonyl (C=O) groups is 1. The van der Waals surface area contributed by atoms with Crippen LogP contribution in [-0.2, 0) is 9.53 Å². The maximum absolute atomic E-state index is 12.5. The number of nitrogens with zero attached hydrogens (tertiary/aromatic N) is 2. The smallest absolute Gasteiger partial charge is 0.232 e. The summed E-state index contributed by atoms with van der Waals surface area (Å²) in [6, 6.07) is 10.5. The Labute approximate surface area is 149 Å². The minimum absolute atomic E-state index is 0.283. The van der Waals surface area contributed by atoms with Crippen LogP contribution in [0.4, 0.5) is 5.69 Å². The largest absolute Gasteiger partial charge is 0.377 e. The van der Waals surface area contributed by atoms with Crippen molar-refractivity contribution in [3.8, 4) is 0 Å². The molecule has 0 spiro atoms. The first-order valence-electron chi connectivity index (χ1n) is 9.10. The number of hydrogen-bond donors (Lipinski definition) is 0. The van der Waals surface area contributed by atoms with E-state index >= 15 is 0 Å². The molecule has 2 heterocycles. The summed E-state index contributed by atoms with van der Waals surface area (Å²) in [6.45, 7) is 4.54. The Kier molecular flexibility index (Phi) is 6.85. The lowest BCUT2D eigenvalue weighted by molar-refractivity contribution is -0.128. The Morgan fingerprint density at radius 2 is 1.96 bits per heavy atom. The van der Waals surface area contributed by atoms with Crippen LogP contribution in [0.3, 0.4) is 0 Å². The molecule has 24 heavy (non-hydrogen) atoms. The second kappa shape index (κ2) is 9.33. The molecular formula is C19H28N2O2S. The summed E-state index contributed by atoms with van der Waals surface area (Å²) in [5.41, 5.74) is 1.26. The highest BCUT2D eigenvalue weighted by molar-refractivity contribution is 7.99. The lowest BCUT2D eigenvalue weighted by Gasteiger charge is -2.24. The number of ether oxygens (including phenoxy) is 1. The van der Waals surface area contributed by atoms with Gasteiger partial charge in [-0.25, -0.2) is 0 Å². The lowest BCUT2D eigenvalue weighted by Crippen LogP contribution is -2.36. The topological polar surface area (TPSA) is 32.8 Å². The molecule has 0 saturated carbocycles. The number of rotatable bonds is 5. The molecule has 2 aliphatic rings. The van der Waals surface area contributed by atoms with Crippen LogP contribution in [0.25, 0.3) is 0 Å². The van der Waals surface area contributed by atoms with Gasteiger partial charge < -0.3 is 14.5 Å². The number of anilines is 1. The molecule has 0 radical (unpaired) electrons. The average Bonchev–Trinajstić information content (AvgIpc) is 2.89. The van der Waals surface area contributed by atoms with E-state index in [1.54, 1.807) is 11.8 Å². The Morgan fingerprint density at radius 1 is 1.08 bits per heavy atom. The number of carbonyl (C=O) groups excluding carboxylic acids is 1. The van der Waals surface area contributed by atoms with Crippen molar-refractivity contribution in [3.05, 3.63) is 30.3 Å². The van der Waals surface area contributed by atoms with Gasteiger partial charge in [0, 0.05) is 44.2 Å². The van der Waals surface area contributed by atoms with Crippen molar-refractivity contribution in [1.29, 1.82) is 0 Å². The monoisotopic (exact) mass is 348 g/mol. The van der Waals surface area contributed by atoms with Gasteiger partial charge in [0.25, 0.3) is 0 Å². The van der Waals surface area contributed by atoms with E-state index in [2.05, 4.69) is 29.2 Å². The molecule has 2 fully saturated rings. The van der Waals surface area contributed by atoms with Gasteiger partial charge in [-0.05, 0) is 37.8 Å². The van der Waals surface area contributed by atoms with Crippen LogP contribution in [-0.4, -0.2) is 61.2 Å². The first-order chi connectivity index (χ1) is 11.8. The van der Waals surface area contributed by atoms with Crippen molar-refractivity contribution in [2.75, 3.05) is 49.2 Å². The molecule has 0 N–H and O–H groups in total. The Hall–Kier alpha value is -1.20. The van der Waals surface area contributed by atoms with Crippen molar-refractivity contribution in [1.82, 2.24) is 4.90 Å². The highest BCUT2D eigenvalue weighted by Gasteiger charge is 2.20. The fourth-order valence-corrected chi connectivity index (χ4v) is 4.37. The molecule has 0 aliphatic carbocycles. The molecule has 1 atom stereocenters. The zero-order valence-corrected chi connectivity index (χ0v) is 15.2. The van der Waals surface area contributed by atoms with Gasteiger partial charge in [-0.3, -0.25) is 4.79 Å². The maximum Gasteiger partial charge on any atom is 0.232 e. The summed E-state index contributed by atoms with van der Waals surface area (Å²) >= 11 is 1.74. The predicted molar refractivity (Wildman–Crippen MR) is 101 cm³/mol. The first kappa shape index (κ1) is 17.6. The summed E-state index contributed by atoms with van der Waals surface area (Å²) in [4.78, 5) is 16.9. The molecular weight excluding hydrogens is 320 g/mol. The van der Waals surface area contributed by atoms with Crippen molar-refractivity contribution in [3.63, 3.8) is 0 Å². The highest BCUT2D eigenvalue weighted by Crippen LogP contribution is 2.19. The van der Waals surface area contributed by atoms with E-state index in [-0.39, 0.29) is 5.91 Å². The van der Waals surface area contributed by atoms with Crippen molar-refractivity contribution >= 4 is 23.4 Å². The van der Waals surface area contributed by atoms with E-state index in [9.17, 15) is 4.79 Å². The van der Waals surface area contributed by atoms with Gasteiger partial charge in [-0.1, -0.05) is 18.2 Å². The molecule has 2 saturated heterocycles. The Morgan fingerprint density at radius 3 is 2.75 bits per heavy atom. The van der Waals surface area contributed by atoms with Crippen molar-refractivity contribution in [2.45, 2.75) is 31.8 Å². The van der Waals surface area contributed by atoms with E-state index in [0.717, 1.165) is 51.4 Å². The number of para-hydroxylation sites is 1. The molecule has 3 rings (SSSR count). The maximum atomic E-state index is 12.5. The third-order valence-corrected chi connectivity index (χ3v) is 5.83. The predicted octanol–water partition coefficient (Wildman–Crippen LogP) is 3.03. The third-order valence-electron chi connectivity index (χ3n) is 4.77. The molecule has 1 aromatic carbocycles. The second-order valence-electron chi connectivity index (χ2n) is 6.56. The van der Waals surface area contributed by atoms with Crippen molar-refractivity contribution in [2.24, 2.45) is 0 Å². The number of thioether (sulfide) groups is 1. The van der Waals surface area contributed by atoms with Crippen LogP contribution in [0.1, 0.15) is 25.7 Å². The normalized spacial score (nSPS) is 22.2. The van der Waals surface area contributed by atoms with Crippen LogP contribution in [0.15, 0.2) is 30.3 Å². The Bertz CT molecular complexity index is 505. The van der Waals surface area contributed by atoms with Gasteiger partial charge in [0.05, 0.1) is 11.9 Å². The van der Waals surface area contributed by atoms with Crippen LogP contribution in [0, 0.1) is 0 Å². The Balaban J connectivity index is 1.41. The van der Waals surface area contributed by atoms with Gasteiger partial charge in [0.1, 0.15) is 0 Å². The molecule has 4 nitrogen and oxygen atoms in total. The number of amides is 1. The third kappa shape index (κ3) is 5.15. The van der Waals surface area contributed by atoms with Crippen molar-refractivity contribution < 1.29 is 9.53 Å². The fraction of sp³-hybridized carbons (Fsp3) is 0.632. The minimum Gasteiger partial charge on any atom is -0.377 e. The summed E-state index contributed by atoms with van der Waals surface area (Å²) in [7, 11) is 0. The minimum atomic E-state index is 0.283. The molecule has 0 unspecified atom stereocenters. The summed E-state index contributed by atoms with van der Waals surface area (Å²) in [5.74, 6) is 1.83. The fourth-order valence-electron chi connectivity index (χ4n) is 3.37. The van der Waals surface area contributed by atoms with E-state index in [1.807, 2.05) is 11.0 Å². The summed E-state index contributed by atoms with van der Waals surface area (Å²) in [6.07, 6.45) is 5.00. The van der Waals surface area contributed by atoms with E-state index in [0.29, 0.717) is 11.9 Å². The zero-order valence-electron chi connectivity index (χ0n) is 14.4. The van der Waals surface area contributed by atoms with Crippen LogP contribution in [0.5, 0.6) is 0 Å². The summed E-state index contributed by atoms with van der Waals surface area (Å²) < 4.78 is 5.74. The number of benzene rings is 1. The summed E-state index contributed by atoms with van der Waals surface area (Å²) in [5, 5.41) is 0. The molecule has 5 heteroatoms. The van der Waals surface area contributed by atoms with Crippen LogP contribution in [0.2, 0.25) is 0 Å². The van der Waals surface area contributed by atoms with Gasteiger partial charge in [-0.2, -0.15) is 0 Å². The molecule has 1 amide bonds. The van der Waals surface area contributed by atoms with Crippen LogP contribution < -0.4 is 4.90 Å². The van der Waals surface area contributed by atoms with Crippen LogP contribution >= 0.6 is 11.8 Å². The second-order valence-corrected chi connectivity index (χ2v) is 7.59. The van der Waals surface area contributed by atoms with Gasteiger partial charge in [-0.15, -0.1) is 11.8 Å². The molecule has 2 aliphatic heterocycles. The molecule has 0 aromatic heterocycles.